The SMILES string of the molecule is FS(F)(F)(F)(F)Cc1coc2ccccc12. The summed E-state index contributed by atoms with van der Waals surface area (Å²) in [6.07, 6.45) is 0.725. The predicted octanol–water partition coefficient (Wildman–Crippen LogP) is 5.23. The molecular formula is C9H7F5OS. The van der Waals surface area contributed by atoms with E-state index in [1.165, 1.54) is 18.2 Å². The monoisotopic (exact) mass is 258 g/mol. The van der Waals surface area contributed by atoms with Gasteiger partial charge in [-0.1, -0.05) is 37.6 Å². The van der Waals surface area contributed by atoms with Crippen LogP contribution < -0.4 is 0 Å². The van der Waals surface area contributed by atoms with Gasteiger partial charge in [0.15, 0.2) is 0 Å². The summed E-state index contributed by atoms with van der Waals surface area (Å²) < 4.78 is 66.1. The van der Waals surface area contributed by atoms with Crippen molar-refractivity contribution in [2.75, 3.05) is 0 Å². The topological polar surface area (TPSA) is 13.1 Å². The van der Waals surface area contributed by atoms with Gasteiger partial charge in [-0.15, -0.1) is 0 Å². The van der Waals surface area contributed by atoms with Crippen LogP contribution in [-0.2, 0) is 5.75 Å². The Labute approximate surface area is 87.6 Å². The Bertz CT molecular complexity index is 541. The fourth-order valence-corrected chi connectivity index (χ4v) is 2.25. The molecule has 0 atom stereocenters. The molecule has 0 fully saturated rings. The van der Waals surface area contributed by atoms with Gasteiger partial charge < -0.3 is 4.42 Å². The van der Waals surface area contributed by atoms with E-state index in [0.29, 0.717) is 0 Å². The van der Waals surface area contributed by atoms with Crippen LogP contribution in [0.2, 0.25) is 0 Å². The molecule has 7 heteroatoms. The molecule has 0 unspecified atom stereocenters. The van der Waals surface area contributed by atoms with Gasteiger partial charge >= 0.3 is 0 Å². The largest absolute Gasteiger partial charge is 0.464 e. The van der Waals surface area contributed by atoms with Crippen LogP contribution in [0, 0.1) is 0 Å². The summed E-state index contributed by atoms with van der Waals surface area (Å²) in [7, 11) is -9.44. The van der Waals surface area contributed by atoms with Crippen molar-refractivity contribution in [1.82, 2.24) is 0 Å². The lowest BCUT2D eigenvalue weighted by molar-refractivity contribution is 0.361. The molecule has 0 spiro atoms. The molecule has 0 aliphatic heterocycles. The third-order valence-electron chi connectivity index (χ3n) is 1.99. The molecule has 2 rings (SSSR count). The third kappa shape index (κ3) is 2.66. The first kappa shape index (κ1) is 11.3. The third-order valence-corrected chi connectivity index (χ3v) is 2.85. The molecule has 0 N–H and O–H groups in total. The zero-order valence-electron chi connectivity index (χ0n) is 7.80. The zero-order chi connectivity index (χ0) is 12.1. The molecule has 0 saturated heterocycles. The van der Waals surface area contributed by atoms with Gasteiger partial charge in [0, 0.05) is 10.9 Å². The van der Waals surface area contributed by atoms with Crippen LogP contribution in [0.15, 0.2) is 34.9 Å². The quantitative estimate of drug-likeness (QED) is 0.672. The van der Waals surface area contributed by atoms with Crippen molar-refractivity contribution in [2.45, 2.75) is 5.75 Å². The highest BCUT2D eigenvalue weighted by Gasteiger charge is 2.63. The first-order valence-corrected chi connectivity index (χ1v) is 6.34. The first-order chi connectivity index (χ1) is 7.04. The van der Waals surface area contributed by atoms with Gasteiger partial charge in [-0.05, 0) is 6.07 Å². The summed E-state index contributed by atoms with van der Waals surface area (Å²) in [5.74, 6) is -2.23. The van der Waals surface area contributed by atoms with E-state index in [2.05, 4.69) is 0 Å². The van der Waals surface area contributed by atoms with E-state index in [0.717, 1.165) is 6.26 Å². The number of hydrogen-bond acceptors (Lipinski definition) is 1. The predicted molar refractivity (Wildman–Crippen MR) is 53.0 cm³/mol. The van der Waals surface area contributed by atoms with Crippen molar-refractivity contribution in [2.24, 2.45) is 0 Å². The van der Waals surface area contributed by atoms with Gasteiger partial charge in [0.05, 0.1) is 6.26 Å². The van der Waals surface area contributed by atoms with Crippen LogP contribution in [0.3, 0.4) is 0 Å². The second kappa shape index (κ2) is 2.53. The van der Waals surface area contributed by atoms with Crippen molar-refractivity contribution in [3.8, 4) is 0 Å². The van der Waals surface area contributed by atoms with Crippen LogP contribution in [-0.4, -0.2) is 0 Å². The molecular weight excluding hydrogens is 251 g/mol. The van der Waals surface area contributed by atoms with E-state index >= 15 is 0 Å². The second-order valence-corrected chi connectivity index (χ2v) is 6.08. The van der Waals surface area contributed by atoms with Gasteiger partial charge in [0.25, 0.3) is 10.2 Å². The molecule has 1 nitrogen and oxygen atoms in total. The van der Waals surface area contributed by atoms with E-state index in [9.17, 15) is 19.4 Å². The lowest BCUT2D eigenvalue weighted by Crippen LogP contribution is -2.08. The van der Waals surface area contributed by atoms with E-state index in [-0.39, 0.29) is 11.0 Å². The van der Waals surface area contributed by atoms with Crippen molar-refractivity contribution < 1.29 is 23.8 Å². The fourth-order valence-electron chi connectivity index (χ4n) is 1.44. The second-order valence-electron chi connectivity index (χ2n) is 3.53. The average Bonchev–Trinajstić information content (AvgIpc) is 2.44. The van der Waals surface area contributed by atoms with Crippen LogP contribution in [0.5, 0.6) is 0 Å². The Hall–Kier alpha value is -1.24. The molecule has 0 radical (unpaired) electrons. The summed E-state index contributed by atoms with van der Waals surface area (Å²) in [5, 5.41) is 0.0655. The highest BCUT2D eigenvalue weighted by Crippen LogP contribution is 2.99. The zero-order valence-corrected chi connectivity index (χ0v) is 8.62. The minimum absolute atomic E-state index is 0.0655. The maximum absolute atomic E-state index is 12.3. The van der Waals surface area contributed by atoms with E-state index in [4.69, 9.17) is 4.42 Å². The van der Waals surface area contributed by atoms with E-state index in [1.807, 2.05) is 0 Å². The lowest BCUT2D eigenvalue weighted by atomic mass is 10.2. The van der Waals surface area contributed by atoms with Crippen molar-refractivity contribution in [3.63, 3.8) is 0 Å². The van der Waals surface area contributed by atoms with Gasteiger partial charge in [-0.2, -0.15) is 0 Å². The molecule has 0 saturated carbocycles. The molecule has 16 heavy (non-hydrogen) atoms. The Balaban J connectivity index is 2.52. The number of benzene rings is 1. The standard InChI is InChI=1S/C9H7F5OS/c10-16(11,12,13,14)6-7-5-15-9-4-2-1-3-8(7)9/h1-5H,6H2. The van der Waals surface area contributed by atoms with Crippen LogP contribution in [0.25, 0.3) is 11.0 Å². The van der Waals surface area contributed by atoms with Crippen LogP contribution >= 0.6 is 10.2 Å². The average molecular weight is 258 g/mol. The maximum atomic E-state index is 12.3. The van der Waals surface area contributed by atoms with Crippen LogP contribution in [0.4, 0.5) is 19.4 Å². The Morgan fingerprint density at radius 3 is 2.25 bits per heavy atom. The molecule has 2 aromatic rings. The Morgan fingerprint density at radius 2 is 1.62 bits per heavy atom. The molecule has 1 aromatic heterocycles. The number of furan rings is 1. The molecule has 0 amide bonds. The van der Waals surface area contributed by atoms with E-state index < -0.39 is 21.5 Å². The summed E-state index contributed by atoms with van der Waals surface area (Å²) in [6, 6.07) is 5.75. The number of para-hydroxylation sites is 1. The fraction of sp³-hybridized carbons (Fsp3) is 0.111. The van der Waals surface area contributed by atoms with Crippen LogP contribution in [0.1, 0.15) is 5.56 Å². The van der Waals surface area contributed by atoms with Gasteiger partial charge in [0.1, 0.15) is 11.3 Å². The maximum Gasteiger partial charge on any atom is 0.289 e. The summed E-state index contributed by atoms with van der Waals surface area (Å²) in [4.78, 5) is 0. The summed E-state index contributed by atoms with van der Waals surface area (Å²) in [5.41, 5.74) is -0.367. The van der Waals surface area contributed by atoms with Gasteiger partial charge in [0.2, 0.25) is 0 Å². The number of hydrogen-bond donors (Lipinski definition) is 0. The molecule has 0 aliphatic carbocycles. The van der Waals surface area contributed by atoms with Crippen molar-refractivity contribution in [3.05, 3.63) is 36.1 Å². The highest BCUT2D eigenvalue weighted by atomic mass is 32.5. The van der Waals surface area contributed by atoms with Crippen molar-refractivity contribution in [1.29, 1.82) is 0 Å². The molecule has 1 heterocycles. The summed E-state index contributed by atoms with van der Waals surface area (Å²) in [6.45, 7) is 0. The molecule has 1 aromatic carbocycles. The molecule has 0 bridgehead atoms. The number of rotatable bonds is 2. The summed E-state index contributed by atoms with van der Waals surface area (Å²) >= 11 is 0. The molecule has 90 valence electrons. The van der Waals surface area contributed by atoms with Gasteiger partial charge in [-0.3, -0.25) is 0 Å². The highest BCUT2D eigenvalue weighted by molar-refractivity contribution is 8.45. The molecule has 0 aliphatic rings. The van der Waals surface area contributed by atoms with Gasteiger partial charge in [-0.25, -0.2) is 0 Å². The minimum Gasteiger partial charge on any atom is -0.464 e. The smallest absolute Gasteiger partial charge is 0.289 e. The lowest BCUT2D eigenvalue weighted by Gasteiger charge is -2.40. The normalized spacial score (nSPS) is 17.1. The van der Waals surface area contributed by atoms with E-state index in [1.54, 1.807) is 6.07 Å². The van der Waals surface area contributed by atoms with Crippen molar-refractivity contribution >= 4 is 21.2 Å². The number of halogens is 5. The Kier molecular flexibility index (Phi) is 1.78. The Morgan fingerprint density at radius 1 is 1.00 bits per heavy atom. The first-order valence-electron chi connectivity index (χ1n) is 4.22. The number of fused-ring (bicyclic) bond motifs is 1. The minimum atomic E-state index is -9.44.